The van der Waals surface area contributed by atoms with Crippen LogP contribution >= 0.6 is 11.6 Å². The van der Waals surface area contributed by atoms with Gasteiger partial charge in [-0.2, -0.15) is 13.2 Å². The summed E-state index contributed by atoms with van der Waals surface area (Å²) in [7, 11) is 0. The van der Waals surface area contributed by atoms with Crippen LogP contribution in [0.2, 0.25) is 5.02 Å². The summed E-state index contributed by atoms with van der Waals surface area (Å²) in [5, 5.41) is 17.9. The van der Waals surface area contributed by atoms with Crippen LogP contribution in [0, 0.1) is 11.6 Å². The predicted molar refractivity (Wildman–Crippen MR) is 111 cm³/mol. The van der Waals surface area contributed by atoms with Crippen LogP contribution in [-0.2, 0) is 6.18 Å². The molecule has 0 radical (unpaired) electrons. The van der Waals surface area contributed by atoms with E-state index in [9.17, 15) is 32.0 Å². The Labute approximate surface area is 188 Å². The van der Waals surface area contributed by atoms with E-state index in [-0.39, 0.29) is 27.4 Å². The standard InChI is InChI=1S/C22H13ClF5N3O2/c23-16-5-4-12(24)9-15(16)19-18-14(21(32)30-19)2-1-3-17(18)29-20(31-33)10-6-11(22(26,27)28)8-13(25)7-10/h1-9,19,33H,(H,29,31)(H,30,32). The van der Waals surface area contributed by atoms with Crippen LogP contribution in [-0.4, -0.2) is 17.0 Å². The molecule has 1 unspecified atom stereocenters. The predicted octanol–water partition coefficient (Wildman–Crippen LogP) is 5.72. The van der Waals surface area contributed by atoms with Gasteiger partial charge in [-0.25, -0.2) is 8.78 Å². The first kappa shape index (κ1) is 22.5. The van der Waals surface area contributed by atoms with Gasteiger partial charge in [0.1, 0.15) is 11.6 Å². The first-order chi connectivity index (χ1) is 15.6. The lowest BCUT2D eigenvalue weighted by Crippen LogP contribution is -2.21. The number of carbonyl (C=O) groups excluding carboxylic acids is 1. The van der Waals surface area contributed by atoms with E-state index in [2.05, 4.69) is 15.8 Å². The van der Waals surface area contributed by atoms with Crippen LogP contribution in [0.25, 0.3) is 0 Å². The Kier molecular flexibility index (Phi) is 5.71. The van der Waals surface area contributed by atoms with Gasteiger partial charge in [0.15, 0.2) is 5.84 Å². The Morgan fingerprint density at radius 1 is 1.06 bits per heavy atom. The van der Waals surface area contributed by atoms with Crippen LogP contribution in [0.1, 0.15) is 38.7 Å². The highest BCUT2D eigenvalue weighted by molar-refractivity contribution is 6.31. The number of benzene rings is 3. The first-order valence-electron chi connectivity index (χ1n) is 9.34. The van der Waals surface area contributed by atoms with E-state index in [4.69, 9.17) is 11.6 Å². The van der Waals surface area contributed by atoms with E-state index in [1.807, 2.05) is 0 Å². The molecule has 0 saturated carbocycles. The molecule has 0 bridgehead atoms. The molecule has 1 aliphatic rings. The molecule has 33 heavy (non-hydrogen) atoms. The van der Waals surface area contributed by atoms with Crippen LogP contribution < -0.4 is 10.6 Å². The maximum absolute atomic E-state index is 13.9. The second kappa shape index (κ2) is 8.36. The molecule has 0 spiro atoms. The summed E-state index contributed by atoms with van der Waals surface area (Å²) >= 11 is 6.20. The topological polar surface area (TPSA) is 73.7 Å². The highest BCUT2D eigenvalue weighted by Gasteiger charge is 2.35. The highest BCUT2D eigenvalue weighted by atomic mass is 35.5. The van der Waals surface area contributed by atoms with E-state index in [1.165, 1.54) is 24.3 Å². The van der Waals surface area contributed by atoms with Crippen molar-refractivity contribution in [3.8, 4) is 0 Å². The first-order valence-corrected chi connectivity index (χ1v) is 9.72. The van der Waals surface area contributed by atoms with Gasteiger partial charge < -0.3 is 15.8 Å². The highest BCUT2D eigenvalue weighted by Crippen LogP contribution is 2.39. The van der Waals surface area contributed by atoms with E-state index in [0.29, 0.717) is 17.7 Å². The van der Waals surface area contributed by atoms with Crippen molar-refractivity contribution in [1.82, 2.24) is 5.32 Å². The normalized spacial score (nSPS) is 15.9. The number of halogens is 6. The summed E-state index contributed by atoms with van der Waals surface area (Å²) in [5.41, 5.74) is -0.783. The fourth-order valence-electron chi connectivity index (χ4n) is 3.61. The molecular formula is C22H13ClF5N3O2. The Morgan fingerprint density at radius 2 is 1.82 bits per heavy atom. The lowest BCUT2D eigenvalue weighted by atomic mass is 9.96. The summed E-state index contributed by atoms with van der Waals surface area (Å²) in [6.07, 6.45) is -4.83. The molecule has 3 aromatic carbocycles. The number of hydrogen-bond donors (Lipinski definition) is 3. The monoisotopic (exact) mass is 481 g/mol. The third-order valence-corrected chi connectivity index (χ3v) is 5.38. The van der Waals surface area contributed by atoms with Crippen LogP contribution in [0.3, 0.4) is 0 Å². The molecule has 1 aliphatic heterocycles. The molecule has 4 rings (SSSR count). The number of carbonyl (C=O) groups is 1. The van der Waals surface area contributed by atoms with Crippen molar-refractivity contribution < 1.29 is 32.0 Å². The molecule has 1 atom stereocenters. The zero-order chi connectivity index (χ0) is 23.9. The van der Waals surface area contributed by atoms with Crippen molar-refractivity contribution in [1.29, 1.82) is 0 Å². The van der Waals surface area contributed by atoms with Crippen molar-refractivity contribution in [2.24, 2.45) is 5.16 Å². The Hall–Kier alpha value is -3.66. The minimum absolute atomic E-state index is 0.154. The van der Waals surface area contributed by atoms with E-state index >= 15 is 0 Å². The number of anilines is 1. The van der Waals surface area contributed by atoms with Gasteiger partial charge in [0, 0.05) is 33.0 Å². The SMILES string of the molecule is O=C1NC(c2cc(F)ccc2Cl)c2c(N/C(=N\O)c3cc(F)cc(C(F)(F)F)c3)cccc21. The average molecular weight is 482 g/mol. The van der Waals surface area contributed by atoms with E-state index in [0.717, 1.165) is 18.2 Å². The number of amides is 1. The van der Waals surface area contributed by atoms with Gasteiger partial charge in [-0.15, -0.1) is 0 Å². The third-order valence-electron chi connectivity index (χ3n) is 5.04. The minimum atomic E-state index is -4.83. The molecule has 3 aromatic rings. The molecule has 0 fully saturated rings. The van der Waals surface area contributed by atoms with E-state index < -0.39 is 41.2 Å². The van der Waals surface area contributed by atoms with Crippen molar-refractivity contribution in [3.05, 3.63) is 99.1 Å². The van der Waals surface area contributed by atoms with Crippen LogP contribution in [0.5, 0.6) is 0 Å². The Balaban J connectivity index is 1.79. The van der Waals surface area contributed by atoms with Gasteiger partial charge >= 0.3 is 6.18 Å². The van der Waals surface area contributed by atoms with Gasteiger partial charge in [0.05, 0.1) is 11.6 Å². The zero-order valence-corrected chi connectivity index (χ0v) is 17.1. The second-order valence-electron chi connectivity index (χ2n) is 7.14. The molecule has 1 heterocycles. The Morgan fingerprint density at radius 3 is 2.52 bits per heavy atom. The lowest BCUT2D eigenvalue weighted by Gasteiger charge is -2.19. The molecule has 3 N–H and O–H groups in total. The van der Waals surface area contributed by atoms with Gasteiger partial charge in [0.25, 0.3) is 5.91 Å². The minimum Gasteiger partial charge on any atom is -0.409 e. The van der Waals surface area contributed by atoms with Crippen molar-refractivity contribution in [2.45, 2.75) is 12.2 Å². The maximum atomic E-state index is 13.9. The smallest absolute Gasteiger partial charge is 0.409 e. The average Bonchev–Trinajstić information content (AvgIpc) is 3.10. The quantitative estimate of drug-likeness (QED) is 0.147. The van der Waals surface area contributed by atoms with Gasteiger partial charge in [-0.1, -0.05) is 22.8 Å². The number of amidine groups is 1. The zero-order valence-electron chi connectivity index (χ0n) is 16.3. The summed E-state index contributed by atoms with van der Waals surface area (Å²) in [6.45, 7) is 0. The molecule has 0 aliphatic carbocycles. The van der Waals surface area contributed by atoms with Crippen LogP contribution in [0.15, 0.2) is 59.8 Å². The molecule has 5 nitrogen and oxygen atoms in total. The van der Waals surface area contributed by atoms with Crippen molar-refractivity contribution >= 4 is 29.0 Å². The lowest BCUT2D eigenvalue weighted by molar-refractivity contribution is -0.137. The molecule has 170 valence electrons. The molecule has 11 heteroatoms. The van der Waals surface area contributed by atoms with Gasteiger partial charge in [-0.05, 0) is 48.5 Å². The van der Waals surface area contributed by atoms with Crippen molar-refractivity contribution in [3.63, 3.8) is 0 Å². The molecule has 0 saturated heterocycles. The number of rotatable bonds is 3. The number of nitrogens with one attached hydrogen (secondary N) is 2. The number of hydrogen-bond acceptors (Lipinski definition) is 3. The molecule has 1 amide bonds. The molecular weight excluding hydrogens is 469 g/mol. The van der Waals surface area contributed by atoms with Crippen LogP contribution in [0.4, 0.5) is 27.6 Å². The maximum Gasteiger partial charge on any atom is 0.416 e. The summed E-state index contributed by atoms with van der Waals surface area (Å²) in [4.78, 5) is 12.5. The van der Waals surface area contributed by atoms with E-state index in [1.54, 1.807) is 0 Å². The second-order valence-corrected chi connectivity index (χ2v) is 7.55. The Bertz CT molecular complexity index is 1290. The number of fused-ring (bicyclic) bond motifs is 1. The number of nitrogens with zero attached hydrogens (tertiary/aromatic N) is 1. The third kappa shape index (κ3) is 4.34. The summed E-state index contributed by atoms with van der Waals surface area (Å²) < 4.78 is 67.0. The fraction of sp³-hybridized carbons (Fsp3) is 0.0909. The number of oxime groups is 1. The largest absolute Gasteiger partial charge is 0.416 e. The molecule has 0 aromatic heterocycles. The fourth-order valence-corrected chi connectivity index (χ4v) is 3.83. The van der Waals surface area contributed by atoms with Crippen molar-refractivity contribution in [2.75, 3.05) is 5.32 Å². The van der Waals surface area contributed by atoms with Gasteiger partial charge in [0.2, 0.25) is 0 Å². The van der Waals surface area contributed by atoms with Gasteiger partial charge in [-0.3, -0.25) is 4.79 Å². The number of alkyl halides is 3. The summed E-state index contributed by atoms with van der Waals surface area (Å²) in [6, 6.07) is 8.81. The summed E-state index contributed by atoms with van der Waals surface area (Å²) in [5.74, 6) is -2.79.